The number of carbonyl (C=O) groups is 1. The fourth-order valence-corrected chi connectivity index (χ4v) is 1.60. The third-order valence-electron chi connectivity index (χ3n) is 2.55. The first kappa shape index (κ1) is 10.8. The quantitative estimate of drug-likeness (QED) is 0.834. The van der Waals surface area contributed by atoms with E-state index in [2.05, 4.69) is 0 Å². The van der Waals surface area contributed by atoms with Crippen LogP contribution in [-0.4, -0.2) is 26.1 Å². The van der Waals surface area contributed by atoms with Crippen molar-refractivity contribution in [1.82, 2.24) is 0 Å². The number of carbonyl (C=O) groups excluding carboxylic acids is 1. The van der Waals surface area contributed by atoms with Crippen molar-refractivity contribution in [2.75, 3.05) is 19.0 Å². The number of hydrogen-bond acceptors (Lipinski definition) is 3. The van der Waals surface area contributed by atoms with Gasteiger partial charge in [-0.25, -0.2) is 0 Å². The van der Waals surface area contributed by atoms with Crippen LogP contribution >= 0.6 is 0 Å². The summed E-state index contributed by atoms with van der Waals surface area (Å²) in [6.45, 7) is 0. The van der Waals surface area contributed by atoms with Crippen LogP contribution in [0.15, 0.2) is 18.2 Å². The zero-order valence-electron chi connectivity index (χ0n) is 9.56. The number of benzene rings is 1. The monoisotopic (exact) mass is 220 g/mol. The Hall–Kier alpha value is -1.71. The molecule has 0 heterocycles. The van der Waals surface area contributed by atoms with Gasteiger partial charge in [-0.3, -0.25) is 4.79 Å². The molecule has 0 atom stereocenters. The molecule has 0 saturated heterocycles. The number of amides is 1. The first-order valence-corrected chi connectivity index (χ1v) is 5.36. The number of anilines is 1. The molecule has 2 rings (SSSR count). The predicted octanol–water partition coefficient (Wildman–Crippen LogP) is 1.39. The minimum atomic E-state index is -0.444. The van der Waals surface area contributed by atoms with Crippen LogP contribution in [0.25, 0.3) is 0 Å². The molecule has 2 N–H and O–H groups in total. The van der Waals surface area contributed by atoms with Crippen LogP contribution in [0.3, 0.4) is 0 Å². The Kier molecular flexibility index (Phi) is 2.73. The van der Waals surface area contributed by atoms with Gasteiger partial charge in [-0.05, 0) is 25.0 Å². The van der Waals surface area contributed by atoms with Crippen molar-refractivity contribution in [3.8, 4) is 5.75 Å². The largest absolute Gasteiger partial charge is 0.490 e. The lowest BCUT2D eigenvalue weighted by atomic mass is 10.1. The van der Waals surface area contributed by atoms with E-state index in [9.17, 15) is 4.79 Å². The highest BCUT2D eigenvalue weighted by Gasteiger charge is 2.26. The maximum Gasteiger partial charge on any atom is 0.254 e. The van der Waals surface area contributed by atoms with Crippen LogP contribution < -0.4 is 15.4 Å². The molecule has 4 nitrogen and oxygen atoms in total. The van der Waals surface area contributed by atoms with Crippen LogP contribution in [0.1, 0.15) is 23.2 Å². The average Bonchev–Trinajstić information content (AvgIpc) is 3.00. The molecule has 1 aromatic rings. The topological polar surface area (TPSA) is 55.6 Å². The number of hydrogen-bond donors (Lipinski definition) is 1. The van der Waals surface area contributed by atoms with E-state index in [-0.39, 0.29) is 6.10 Å². The molecule has 16 heavy (non-hydrogen) atoms. The maximum atomic E-state index is 11.5. The Bertz CT molecular complexity index is 411. The first-order chi connectivity index (χ1) is 7.59. The van der Waals surface area contributed by atoms with E-state index in [0.717, 1.165) is 18.5 Å². The van der Waals surface area contributed by atoms with E-state index < -0.39 is 5.91 Å². The molecular weight excluding hydrogens is 204 g/mol. The van der Waals surface area contributed by atoms with Crippen LogP contribution in [0.5, 0.6) is 5.75 Å². The molecule has 0 unspecified atom stereocenters. The molecule has 86 valence electrons. The fraction of sp³-hybridized carbons (Fsp3) is 0.417. The van der Waals surface area contributed by atoms with Gasteiger partial charge in [0.2, 0.25) is 0 Å². The Labute approximate surface area is 95.0 Å². The minimum absolute atomic E-state index is 0.260. The lowest BCUT2D eigenvalue weighted by Gasteiger charge is -2.18. The van der Waals surface area contributed by atoms with Gasteiger partial charge in [0.1, 0.15) is 11.3 Å². The zero-order chi connectivity index (χ0) is 11.7. The van der Waals surface area contributed by atoms with E-state index in [0.29, 0.717) is 11.3 Å². The van der Waals surface area contributed by atoms with Crippen molar-refractivity contribution in [2.24, 2.45) is 5.73 Å². The van der Waals surface area contributed by atoms with Crippen molar-refractivity contribution in [3.63, 3.8) is 0 Å². The SMILES string of the molecule is CN(C)c1cccc(OC2CC2)c1C(N)=O. The van der Waals surface area contributed by atoms with Crippen LogP contribution in [-0.2, 0) is 0 Å². The van der Waals surface area contributed by atoms with Gasteiger partial charge in [0.05, 0.1) is 11.8 Å². The Morgan fingerprint density at radius 1 is 1.44 bits per heavy atom. The molecule has 0 aliphatic heterocycles. The summed E-state index contributed by atoms with van der Waals surface area (Å²) >= 11 is 0. The predicted molar refractivity (Wildman–Crippen MR) is 62.9 cm³/mol. The molecular formula is C12H16N2O2. The Morgan fingerprint density at radius 2 is 2.12 bits per heavy atom. The second-order valence-electron chi connectivity index (χ2n) is 4.23. The highest BCUT2D eigenvalue weighted by molar-refractivity contribution is 6.01. The molecule has 0 radical (unpaired) electrons. The van der Waals surface area contributed by atoms with Crippen molar-refractivity contribution in [1.29, 1.82) is 0 Å². The molecule has 1 saturated carbocycles. The normalized spacial score (nSPS) is 14.6. The van der Waals surface area contributed by atoms with Gasteiger partial charge in [0.25, 0.3) is 5.91 Å². The van der Waals surface area contributed by atoms with Crippen molar-refractivity contribution in [2.45, 2.75) is 18.9 Å². The summed E-state index contributed by atoms with van der Waals surface area (Å²) in [6, 6.07) is 5.53. The van der Waals surface area contributed by atoms with Gasteiger partial charge in [-0.15, -0.1) is 0 Å². The molecule has 1 aliphatic rings. The van der Waals surface area contributed by atoms with E-state index in [4.69, 9.17) is 10.5 Å². The van der Waals surface area contributed by atoms with Crippen LogP contribution in [0.4, 0.5) is 5.69 Å². The molecule has 1 fully saturated rings. The molecule has 0 aromatic heterocycles. The van der Waals surface area contributed by atoms with Crippen LogP contribution in [0, 0.1) is 0 Å². The van der Waals surface area contributed by atoms with E-state index in [1.54, 1.807) is 6.07 Å². The maximum absolute atomic E-state index is 11.5. The first-order valence-electron chi connectivity index (χ1n) is 5.36. The average molecular weight is 220 g/mol. The second-order valence-corrected chi connectivity index (χ2v) is 4.23. The second kappa shape index (κ2) is 4.04. The summed E-state index contributed by atoms with van der Waals surface area (Å²) in [7, 11) is 3.76. The third-order valence-corrected chi connectivity index (χ3v) is 2.55. The molecule has 1 aliphatic carbocycles. The van der Waals surface area contributed by atoms with Crippen molar-refractivity contribution >= 4 is 11.6 Å². The number of nitrogens with two attached hydrogens (primary N) is 1. The van der Waals surface area contributed by atoms with Gasteiger partial charge in [-0.1, -0.05) is 6.07 Å². The van der Waals surface area contributed by atoms with Gasteiger partial charge in [0, 0.05) is 14.1 Å². The highest BCUT2D eigenvalue weighted by Crippen LogP contribution is 2.33. The Balaban J connectivity index is 2.41. The smallest absolute Gasteiger partial charge is 0.254 e. The standard InChI is InChI=1S/C12H16N2O2/c1-14(2)9-4-3-5-10(11(9)12(13)15)16-8-6-7-8/h3-5,8H,6-7H2,1-2H3,(H2,13,15). The Morgan fingerprint density at radius 3 is 2.62 bits per heavy atom. The van der Waals surface area contributed by atoms with Gasteiger partial charge >= 0.3 is 0 Å². The number of primary amides is 1. The molecule has 1 aromatic carbocycles. The van der Waals surface area contributed by atoms with E-state index in [1.807, 2.05) is 31.1 Å². The third kappa shape index (κ3) is 2.10. The number of nitrogens with zero attached hydrogens (tertiary/aromatic N) is 1. The zero-order valence-corrected chi connectivity index (χ0v) is 9.56. The molecule has 4 heteroatoms. The number of rotatable bonds is 4. The minimum Gasteiger partial charge on any atom is -0.490 e. The molecule has 0 spiro atoms. The lowest BCUT2D eigenvalue weighted by molar-refractivity contribution is 0.0996. The van der Waals surface area contributed by atoms with Gasteiger partial charge < -0.3 is 15.4 Å². The fourth-order valence-electron chi connectivity index (χ4n) is 1.60. The van der Waals surface area contributed by atoms with Crippen LogP contribution in [0.2, 0.25) is 0 Å². The lowest BCUT2D eigenvalue weighted by Crippen LogP contribution is -2.20. The highest BCUT2D eigenvalue weighted by atomic mass is 16.5. The summed E-state index contributed by atoms with van der Waals surface area (Å²) in [5.41, 5.74) is 6.67. The molecule has 1 amide bonds. The molecule has 0 bridgehead atoms. The number of ether oxygens (including phenoxy) is 1. The van der Waals surface area contributed by atoms with E-state index >= 15 is 0 Å². The van der Waals surface area contributed by atoms with Gasteiger partial charge in [0.15, 0.2) is 0 Å². The van der Waals surface area contributed by atoms with Crippen molar-refractivity contribution in [3.05, 3.63) is 23.8 Å². The van der Waals surface area contributed by atoms with E-state index in [1.165, 1.54) is 0 Å². The summed E-state index contributed by atoms with van der Waals surface area (Å²) in [6.07, 6.45) is 2.38. The van der Waals surface area contributed by atoms with Crippen molar-refractivity contribution < 1.29 is 9.53 Å². The summed E-state index contributed by atoms with van der Waals surface area (Å²) < 4.78 is 5.68. The summed E-state index contributed by atoms with van der Waals surface area (Å²) in [5, 5.41) is 0. The van der Waals surface area contributed by atoms with Gasteiger partial charge in [-0.2, -0.15) is 0 Å². The summed E-state index contributed by atoms with van der Waals surface area (Å²) in [5.74, 6) is 0.154. The summed E-state index contributed by atoms with van der Waals surface area (Å²) in [4.78, 5) is 13.3.